The molecule has 0 unspecified atom stereocenters. The molecule has 2 aliphatic rings. The first-order valence-corrected chi connectivity index (χ1v) is 19.7. The van der Waals surface area contributed by atoms with E-state index in [1.165, 1.54) is 14.2 Å². The summed E-state index contributed by atoms with van der Waals surface area (Å²) in [5.74, 6) is 0.840. The molecule has 2 fully saturated rings. The van der Waals surface area contributed by atoms with Gasteiger partial charge in [0.05, 0.1) is 55.1 Å². The Bertz CT molecular complexity index is 2290. The fourth-order valence-corrected chi connectivity index (χ4v) is 7.84. The molecule has 4 atom stereocenters. The fourth-order valence-electron chi connectivity index (χ4n) is 7.84. The molecule has 0 radical (unpaired) electrons. The topological polar surface area (TPSA) is 200 Å². The van der Waals surface area contributed by atoms with E-state index in [4.69, 9.17) is 24.4 Å². The minimum atomic E-state index is -0.702. The number of nitrogens with one attached hydrogen (secondary N) is 4. The summed E-state index contributed by atoms with van der Waals surface area (Å²) in [7, 11) is 2.57. The van der Waals surface area contributed by atoms with Gasteiger partial charge >= 0.3 is 12.2 Å². The Morgan fingerprint density at radius 3 is 1.90 bits per heavy atom. The van der Waals surface area contributed by atoms with Gasteiger partial charge in [0, 0.05) is 53.8 Å². The van der Waals surface area contributed by atoms with Crippen molar-refractivity contribution in [1.29, 1.82) is 0 Å². The number of fused-ring (bicyclic) bond motifs is 1. The van der Waals surface area contributed by atoms with Crippen LogP contribution in [0.25, 0.3) is 44.7 Å². The van der Waals surface area contributed by atoms with Gasteiger partial charge in [-0.25, -0.2) is 19.6 Å². The normalized spacial score (nSPS) is 17.8. The summed E-state index contributed by atoms with van der Waals surface area (Å²) in [5.41, 5.74) is 5.73. The Hall–Kier alpha value is -6.32. The van der Waals surface area contributed by atoms with Gasteiger partial charge in [0.25, 0.3) is 0 Å². The highest BCUT2D eigenvalue weighted by molar-refractivity contribution is 5.88. The number of carbonyl (C=O) groups excluding carboxylic acids is 4. The molecule has 2 aliphatic heterocycles. The third kappa shape index (κ3) is 8.22. The number of benzene rings is 1. The van der Waals surface area contributed by atoms with E-state index in [1.54, 1.807) is 28.4 Å². The van der Waals surface area contributed by atoms with Crippen molar-refractivity contribution in [1.82, 2.24) is 50.3 Å². The highest BCUT2D eigenvalue weighted by atomic mass is 16.5. The van der Waals surface area contributed by atoms with Crippen molar-refractivity contribution in [3.05, 3.63) is 72.8 Å². The van der Waals surface area contributed by atoms with Crippen LogP contribution in [0.15, 0.2) is 61.2 Å². The molecule has 7 rings (SSSR count). The lowest BCUT2D eigenvalue weighted by molar-refractivity contribution is -0.136. The third-order valence-electron chi connectivity index (χ3n) is 11.0. The zero-order chi connectivity index (χ0) is 41.1. The first-order valence-electron chi connectivity index (χ1n) is 19.7. The lowest BCUT2D eigenvalue weighted by Crippen LogP contribution is -2.51. The number of imidazole rings is 2. The maximum atomic E-state index is 13.6. The van der Waals surface area contributed by atoms with Gasteiger partial charge in [-0.05, 0) is 61.8 Å². The second-order valence-corrected chi connectivity index (χ2v) is 15.5. The van der Waals surface area contributed by atoms with Crippen molar-refractivity contribution >= 4 is 34.9 Å². The molecule has 304 valence electrons. The number of carbonyl (C=O) groups is 4. The summed E-state index contributed by atoms with van der Waals surface area (Å²) in [6.07, 6.45) is 9.11. The second-order valence-electron chi connectivity index (χ2n) is 15.5. The maximum absolute atomic E-state index is 13.6. The zero-order valence-electron chi connectivity index (χ0n) is 33.6. The molecule has 0 aliphatic carbocycles. The van der Waals surface area contributed by atoms with Crippen molar-refractivity contribution in [3.63, 3.8) is 0 Å². The van der Waals surface area contributed by atoms with E-state index < -0.39 is 24.3 Å². The monoisotopic (exact) mass is 790 g/mol. The first kappa shape index (κ1) is 39.9. The molecule has 4 N–H and O–H groups in total. The predicted octanol–water partition coefficient (Wildman–Crippen LogP) is 6.17. The molecule has 5 aromatic rings. The molecule has 1 aromatic carbocycles. The van der Waals surface area contributed by atoms with Crippen molar-refractivity contribution < 1.29 is 28.7 Å². The van der Waals surface area contributed by atoms with E-state index in [2.05, 4.69) is 25.6 Å². The molecule has 2 saturated heterocycles. The molecule has 16 heteroatoms. The number of alkyl carbamates (subject to hydrolysis) is 2. The van der Waals surface area contributed by atoms with Gasteiger partial charge in [0.1, 0.15) is 23.7 Å². The summed E-state index contributed by atoms with van der Waals surface area (Å²) >= 11 is 0. The van der Waals surface area contributed by atoms with E-state index in [1.807, 2.05) is 70.3 Å². The van der Waals surface area contributed by atoms with E-state index in [0.29, 0.717) is 24.7 Å². The molecular formula is C42H50N10O6. The van der Waals surface area contributed by atoms with Crippen LogP contribution in [0, 0.1) is 11.8 Å². The molecule has 0 bridgehead atoms. The summed E-state index contributed by atoms with van der Waals surface area (Å²) < 4.78 is 9.51. The van der Waals surface area contributed by atoms with Crippen LogP contribution < -0.4 is 10.6 Å². The Morgan fingerprint density at radius 2 is 1.31 bits per heavy atom. The average molecular weight is 791 g/mol. The van der Waals surface area contributed by atoms with Crippen molar-refractivity contribution in [2.45, 2.75) is 77.5 Å². The Balaban J connectivity index is 1.02. The van der Waals surface area contributed by atoms with Crippen LogP contribution in [0.3, 0.4) is 0 Å². The summed E-state index contributed by atoms with van der Waals surface area (Å²) in [6, 6.07) is 10.2. The van der Waals surface area contributed by atoms with Gasteiger partial charge in [-0.1, -0.05) is 39.8 Å². The molecule has 4 aromatic heterocycles. The highest BCUT2D eigenvalue weighted by Crippen LogP contribution is 2.35. The van der Waals surface area contributed by atoms with Crippen LogP contribution in [-0.4, -0.2) is 103 Å². The number of nitrogens with zero attached hydrogens (tertiary/aromatic N) is 6. The zero-order valence-corrected chi connectivity index (χ0v) is 33.6. The predicted molar refractivity (Wildman–Crippen MR) is 216 cm³/mol. The molecule has 0 saturated carbocycles. The van der Waals surface area contributed by atoms with Gasteiger partial charge in [0.15, 0.2) is 0 Å². The number of hydrogen-bond donors (Lipinski definition) is 4. The molecule has 4 amide bonds. The summed E-state index contributed by atoms with van der Waals surface area (Å²) in [4.78, 5) is 80.4. The number of rotatable bonds is 11. The number of hydrogen-bond acceptors (Lipinski definition) is 10. The quantitative estimate of drug-likeness (QED) is 0.120. The minimum Gasteiger partial charge on any atom is -0.453 e. The number of pyridine rings is 2. The van der Waals surface area contributed by atoms with Crippen molar-refractivity contribution in [3.8, 4) is 33.8 Å². The highest BCUT2D eigenvalue weighted by Gasteiger charge is 2.39. The number of ether oxygens (including phenoxy) is 2. The fraction of sp³-hybridized carbons (Fsp3) is 0.429. The van der Waals surface area contributed by atoms with Crippen molar-refractivity contribution in [2.24, 2.45) is 11.8 Å². The van der Waals surface area contributed by atoms with Gasteiger partial charge in [-0.3, -0.25) is 19.6 Å². The standard InChI is InChI=1S/C42H50N10O6/c1-23(2)35(49-41(55)57-5)39(53)51-15-7-9-33(51)37-45-21-31(47-37)27-13-14-29(43-19-27)26-12-11-25-17-28(20-44-30(25)18-26)32-22-46-38(48-32)34-10-8-16-52(34)40(54)36(24(3)4)50-42(56)58-6/h11-14,17-24,33-36H,7-10,15-16H2,1-6H3,(H,45,47)(H,46,48)(H,49,55)(H,50,56)/t33-,34-,35-,36-/m0/s1. The van der Waals surface area contributed by atoms with Crippen LogP contribution in [0.2, 0.25) is 0 Å². The number of amides is 4. The molecule has 16 nitrogen and oxygen atoms in total. The lowest BCUT2D eigenvalue weighted by Gasteiger charge is -2.30. The van der Waals surface area contributed by atoms with Gasteiger partial charge in [-0.2, -0.15) is 0 Å². The molecule has 6 heterocycles. The summed E-state index contributed by atoms with van der Waals surface area (Å²) in [6.45, 7) is 8.73. The van der Waals surface area contributed by atoms with Crippen LogP contribution in [0.5, 0.6) is 0 Å². The van der Waals surface area contributed by atoms with E-state index >= 15 is 0 Å². The SMILES string of the molecule is COC(=O)N[C@H](C(=O)N1CCC[C@H]1c1nc(-c2cnc3cc(-c4ccc(-c5cnc([C@@H]6CCCN6C(=O)[C@@H](NC(=O)OC)C(C)C)[nH]5)cn4)ccc3c2)c[nH]1)C(C)C. The van der Waals surface area contributed by atoms with Crippen LogP contribution in [0.1, 0.15) is 77.1 Å². The van der Waals surface area contributed by atoms with E-state index in [-0.39, 0.29) is 35.7 Å². The van der Waals surface area contributed by atoms with Gasteiger partial charge in [0.2, 0.25) is 11.8 Å². The average Bonchev–Trinajstić information content (AvgIpc) is 4.07. The second kappa shape index (κ2) is 17.0. The molecule has 58 heavy (non-hydrogen) atoms. The van der Waals surface area contributed by atoms with Crippen molar-refractivity contribution in [2.75, 3.05) is 27.3 Å². The Labute approximate surface area is 336 Å². The Kier molecular flexibility index (Phi) is 11.7. The smallest absolute Gasteiger partial charge is 0.407 e. The van der Waals surface area contributed by atoms with E-state index in [0.717, 1.165) is 70.4 Å². The number of methoxy groups -OCH3 is 2. The van der Waals surface area contributed by atoms with Crippen LogP contribution >= 0.6 is 0 Å². The summed E-state index contributed by atoms with van der Waals surface area (Å²) in [5, 5.41) is 6.32. The lowest BCUT2D eigenvalue weighted by atomic mass is 10.0. The Morgan fingerprint density at radius 1 is 0.707 bits per heavy atom. The number of aromatic nitrogens is 6. The van der Waals surface area contributed by atoms with Gasteiger partial charge in [-0.15, -0.1) is 0 Å². The van der Waals surface area contributed by atoms with E-state index in [9.17, 15) is 19.2 Å². The molecular weight excluding hydrogens is 741 g/mol. The van der Waals surface area contributed by atoms with Gasteiger partial charge < -0.3 is 39.9 Å². The largest absolute Gasteiger partial charge is 0.453 e. The number of aromatic amines is 2. The van der Waals surface area contributed by atoms with Crippen LogP contribution in [-0.2, 0) is 19.1 Å². The minimum absolute atomic E-state index is 0.116. The number of likely N-dealkylation sites (tertiary alicyclic amines) is 2. The first-order chi connectivity index (χ1) is 27.9. The molecule has 0 spiro atoms. The number of H-pyrrole nitrogens is 2. The third-order valence-corrected chi connectivity index (χ3v) is 11.0. The maximum Gasteiger partial charge on any atom is 0.407 e. The van der Waals surface area contributed by atoms with Crippen LogP contribution in [0.4, 0.5) is 9.59 Å².